The van der Waals surface area contributed by atoms with E-state index in [9.17, 15) is 14.3 Å². The quantitative estimate of drug-likeness (QED) is 0.881. The monoisotopic (exact) mass is 317 g/mol. The van der Waals surface area contributed by atoms with E-state index in [0.29, 0.717) is 5.69 Å². The van der Waals surface area contributed by atoms with E-state index in [1.54, 1.807) is 6.20 Å². The van der Waals surface area contributed by atoms with Gasteiger partial charge in [0.1, 0.15) is 11.6 Å². The maximum absolute atomic E-state index is 13.0. The summed E-state index contributed by atoms with van der Waals surface area (Å²) in [7, 11) is 0. The fraction of sp³-hybridized carbons (Fsp3) is 0.294. The smallest absolute Gasteiger partial charge is 0.412 e. The minimum Gasteiger partial charge on any atom is -0.465 e. The van der Waals surface area contributed by atoms with Crippen LogP contribution in [0.2, 0.25) is 0 Å². The van der Waals surface area contributed by atoms with Gasteiger partial charge in [0, 0.05) is 25.0 Å². The number of carbonyl (C=O) groups is 1. The molecule has 0 saturated carbocycles. The highest BCUT2D eigenvalue weighted by atomic mass is 19.1. The summed E-state index contributed by atoms with van der Waals surface area (Å²) in [5.74, 6) is 0.465. The molecule has 1 aromatic heterocycles. The van der Waals surface area contributed by atoms with Crippen molar-refractivity contribution >= 4 is 17.6 Å². The number of pyridine rings is 1. The summed E-state index contributed by atoms with van der Waals surface area (Å²) in [6.45, 7) is 5.99. The summed E-state index contributed by atoms with van der Waals surface area (Å²) in [4.78, 5) is 19.1. The molecule has 0 atom stereocenters. The van der Waals surface area contributed by atoms with E-state index in [4.69, 9.17) is 0 Å². The summed E-state index contributed by atoms with van der Waals surface area (Å²) in [5, 5.41) is 9.38. The Kier molecular flexibility index (Phi) is 5.51. The maximum Gasteiger partial charge on any atom is 0.412 e. The summed E-state index contributed by atoms with van der Waals surface area (Å²) in [5.41, 5.74) is 1.19. The van der Waals surface area contributed by atoms with Crippen molar-refractivity contribution in [2.75, 3.05) is 22.9 Å². The van der Waals surface area contributed by atoms with Crippen LogP contribution in [0.1, 0.15) is 19.4 Å². The molecule has 6 heteroatoms. The van der Waals surface area contributed by atoms with Crippen LogP contribution in [-0.2, 0) is 6.54 Å². The second kappa shape index (κ2) is 7.58. The van der Waals surface area contributed by atoms with Gasteiger partial charge in [-0.15, -0.1) is 0 Å². The third-order valence-electron chi connectivity index (χ3n) is 3.61. The van der Waals surface area contributed by atoms with Crippen molar-refractivity contribution in [1.29, 1.82) is 0 Å². The average molecular weight is 317 g/mol. The van der Waals surface area contributed by atoms with Gasteiger partial charge in [0.05, 0.1) is 6.54 Å². The molecule has 1 amide bonds. The molecule has 1 heterocycles. The summed E-state index contributed by atoms with van der Waals surface area (Å²) in [6, 6.07) is 9.12. The van der Waals surface area contributed by atoms with Crippen molar-refractivity contribution in [3.8, 4) is 0 Å². The molecule has 0 saturated heterocycles. The predicted octanol–water partition coefficient (Wildman–Crippen LogP) is 3.75. The Morgan fingerprint density at radius 3 is 2.26 bits per heavy atom. The largest absolute Gasteiger partial charge is 0.465 e. The molecule has 1 aromatic carbocycles. The third-order valence-corrected chi connectivity index (χ3v) is 3.61. The van der Waals surface area contributed by atoms with Gasteiger partial charge in [0.15, 0.2) is 0 Å². The number of amides is 1. The van der Waals surface area contributed by atoms with Crippen molar-refractivity contribution in [2.45, 2.75) is 20.4 Å². The van der Waals surface area contributed by atoms with Crippen molar-refractivity contribution in [3.63, 3.8) is 0 Å². The fourth-order valence-electron chi connectivity index (χ4n) is 2.32. The molecule has 5 nitrogen and oxygen atoms in total. The Hall–Kier alpha value is -2.63. The fourth-order valence-corrected chi connectivity index (χ4v) is 2.32. The van der Waals surface area contributed by atoms with E-state index in [1.165, 1.54) is 24.3 Å². The van der Waals surface area contributed by atoms with Crippen molar-refractivity contribution in [1.82, 2.24) is 4.98 Å². The lowest BCUT2D eigenvalue weighted by Crippen LogP contribution is -2.28. The zero-order valence-electron chi connectivity index (χ0n) is 13.2. The Morgan fingerprint density at radius 1 is 1.13 bits per heavy atom. The van der Waals surface area contributed by atoms with Crippen LogP contribution in [0.25, 0.3) is 0 Å². The molecule has 0 spiro atoms. The first-order valence-corrected chi connectivity index (χ1v) is 7.51. The van der Waals surface area contributed by atoms with Crippen LogP contribution < -0.4 is 9.80 Å². The molecule has 2 aromatic rings. The molecule has 0 aliphatic heterocycles. The van der Waals surface area contributed by atoms with Gasteiger partial charge in [-0.2, -0.15) is 0 Å². The van der Waals surface area contributed by atoms with Crippen LogP contribution in [0.4, 0.5) is 20.7 Å². The predicted molar refractivity (Wildman–Crippen MR) is 88.4 cm³/mol. The Balaban J connectivity index is 2.17. The zero-order valence-corrected chi connectivity index (χ0v) is 13.2. The van der Waals surface area contributed by atoms with E-state index in [1.807, 2.05) is 12.1 Å². The SMILES string of the molecule is CCN(CC)c1ccc(CN(C(=O)O)c2ccc(F)cc2)cn1. The van der Waals surface area contributed by atoms with E-state index in [0.717, 1.165) is 29.4 Å². The Labute approximate surface area is 135 Å². The zero-order chi connectivity index (χ0) is 16.8. The Bertz CT molecular complexity index is 640. The van der Waals surface area contributed by atoms with Crippen LogP contribution in [0, 0.1) is 5.82 Å². The van der Waals surface area contributed by atoms with Crippen LogP contribution in [0.5, 0.6) is 0 Å². The molecule has 1 N–H and O–H groups in total. The molecule has 0 aliphatic carbocycles. The number of hydrogen-bond donors (Lipinski definition) is 1. The number of aromatic nitrogens is 1. The second-order valence-corrected chi connectivity index (χ2v) is 5.04. The minimum atomic E-state index is -1.09. The van der Waals surface area contributed by atoms with E-state index >= 15 is 0 Å². The average Bonchev–Trinajstić information content (AvgIpc) is 2.56. The van der Waals surface area contributed by atoms with Crippen LogP contribution in [0.3, 0.4) is 0 Å². The van der Waals surface area contributed by atoms with Gasteiger partial charge >= 0.3 is 6.09 Å². The number of nitrogens with zero attached hydrogens (tertiary/aromatic N) is 3. The van der Waals surface area contributed by atoms with Crippen LogP contribution >= 0.6 is 0 Å². The first-order chi connectivity index (χ1) is 11.0. The van der Waals surface area contributed by atoms with Gasteiger partial charge in [0.25, 0.3) is 0 Å². The first kappa shape index (κ1) is 16.7. The van der Waals surface area contributed by atoms with Gasteiger partial charge < -0.3 is 10.0 Å². The van der Waals surface area contributed by atoms with Gasteiger partial charge in [0.2, 0.25) is 0 Å². The number of anilines is 2. The first-order valence-electron chi connectivity index (χ1n) is 7.51. The molecule has 122 valence electrons. The second-order valence-electron chi connectivity index (χ2n) is 5.04. The lowest BCUT2D eigenvalue weighted by molar-refractivity contribution is 0.201. The Morgan fingerprint density at radius 2 is 1.78 bits per heavy atom. The molecule has 23 heavy (non-hydrogen) atoms. The van der Waals surface area contributed by atoms with Gasteiger partial charge in [-0.25, -0.2) is 14.2 Å². The van der Waals surface area contributed by atoms with E-state index in [-0.39, 0.29) is 6.54 Å². The number of halogens is 1. The lowest BCUT2D eigenvalue weighted by atomic mass is 10.2. The molecule has 2 rings (SSSR count). The third kappa shape index (κ3) is 4.18. The molecular weight excluding hydrogens is 297 g/mol. The highest BCUT2D eigenvalue weighted by Gasteiger charge is 2.15. The number of benzene rings is 1. The topological polar surface area (TPSA) is 56.7 Å². The number of carboxylic acid groups (broad SMARTS) is 1. The van der Waals surface area contributed by atoms with E-state index < -0.39 is 11.9 Å². The molecule has 0 radical (unpaired) electrons. The standard InChI is InChI=1S/C17H20FN3O2/c1-3-20(4-2)16-10-5-13(11-19-16)12-21(17(22)23)15-8-6-14(18)7-9-15/h5-11H,3-4,12H2,1-2H3,(H,22,23). The van der Waals surface area contributed by atoms with Crippen molar-refractivity contribution in [3.05, 3.63) is 54.0 Å². The highest BCUT2D eigenvalue weighted by Crippen LogP contribution is 2.19. The van der Waals surface area contributed by atoms with Crippen molar-refractivity contribution < 1.29 is 14.3 Å². The number of rotatable bonds is 6. The summed E-state index contributed by atoms with van der Waals surface area (Å²) in [6.07, 6.45) is 0.581. The van der Waals surface area contributed by atoms with E-state index in [2.05, 4.69) is 23.7 Å². The lowest BCUT2D eigenvalue weighted by Gasteiger charge is -2.21. The van der Waals surface area contributed by atoms with Crippen LogP contribution in [-0.4, -0.2) is 29.3 Å². The minimum absolute atomic E-state index is 0.159. The van der Waals surface area contributed by atoms with Crippen molar-refractivity contribution in [2.24, 2.45) is 0 Å². The molecule has 0 bridgehead atoms. The highest BCUT2D eigenvalue weighted by molar-refractivity contribution is 5.85. The molecular formula is C17H20FN3O2. The molecule has 0 fully saturated rings. The molecule has 0 unspecified atom stereocenters. The van der Waals surface area contributed by atoms with Gasteiger partial charge in [-0.05, 0) is 49.7 Å². The van der Waals surface area contributed by atoms with Gasteiger partial charge in [-0.3, -0.25) is 4.90 Å². The van der Waals surface area contributed by atoms with Crippen LogP contribution in [0.15, 0.2) is 42.6 Å². The van der Waals surface area contributed by atoms with Gasteiger partial charge in [-0.1, -0.05) is 6.07 Å². The number of hydrogen-bond acceptors (Lipinski definition) is 3. The maximum atomic E-state index is 13.0. The molecule has 0 aliphatic rings. The summed E-state index contributed by atoms with van der Waals surface area (Å²) >= 11 is 0. The summed E-state index contributed by atoms with van der Waals surface area (Å²) < 4.78 is 13.0. The normalized spacial score (nSPS) is 10.4.